The summed E-state index contributed by atoms with van der Waals surface area (Å²) in [6.45, 7) is 19.1. The number of likely N-dealkylation sites (N-methyl/N-ethyl adjacent to an activating group) is 2. The molecule has 3 aliphatic heterocycles. The standard InChI is InChI=1S/C51H82N6O12/c1-14-40-51(10,63)44(59)33(6)56(12)26-29(2)24-49(8,62)46(31(4)43(32(5)47(61)67-40)68-41-25-50(9,64-13)45(60)34(7)66-41)69-48-42(58)39(23-30(3)65-48)55(11)22-21-37-28-57(54-53-37)27-36-20-19-35-17-15-16-18-38(35)52-36/h15-20,28-34,39-46,48,58-60,62-63H,14,21-27H2,1-13H3/t29-,30-,31+,32-,33-,34+,39+,40-,41+,42-,43+,44-,45+,46-,48+,49-,50-,51-/m1/s1. The molecule has 3 fully saturated rings. The monoisotopic (exact) mass is 971 g/mol. The lowest BCUT2D eigenvalue weighted by molar-refractivity contribution is -0.318. The van der Waals surface area contributed by atoms with E-state index in [1.807, 2.05) is 76.3 Å². The zero-order valence-corrected chi connectivity index (χ0v) is 43.1. The third-order valence-electron chi connectivity index (χ3n) is 15.4. The van der Waals surface area contributed by atoms with Crippen LogP contribution in [0.15, 0.2) is 42.6 Å². The summed E-state index contributed by atoms with van der Waals surface area (Å²) in [7, 11) is 5.29. The maximum absolute atomic E-state index is 14.5. The Morgan fingerprint density at radius 1 is 0.928 bits per heavy atom. The van der Waals surface area contributed by atoms with Gasteiger partial charge in [0.15, 0.2) is 12.6 Å². The van der Waals surface area contributed by atoms with Crippen LogP contribution in [0.3, 0.4) is 0 Å². The highest BCUT2D eigenvalue weighted by atomic mass is 16.7. The fourth-order valence-corrected chi connectivity index (χ4v) is 11.0. The van der Waals surface area contributed by atoms with E-state index in [0.29, 0.717) is 32.5 Å². The van der Waals surface area contributed by atoms with Crippen molar-refractivity contribution < 1.29 is 58.7 Å². The number of cyclic esters (lactones) is 1. The van der Waals surface area contributed by atoms with Crippen molar-refractivity contribution in [3.8, 4) is 0 Å². The van der Waals surface area contributed by atoms with Crippen LogP contribution >= 0.6 is 0 Å². The van der Waals surface area contributed by atoms with Crippen molar-refractivity contribution in [3.63, 3.8) is 0 Å². The van der Waals surface area contributed by atoms with E-state index >= 15 is 0 Å². The van der Waals surface area contributed by atoms with Crippen LogP contribution < -0.4 is 0 Å². The van der Waals surface area contributed by atoms with Gasteiger partial charge in [-0.2, -0.15) is 0 Å². The first-order valence-electron chi connectivity index (χ1n) is 24.9. The average molecular weight is 971 g/mol. The van der Waals surface area contributed by atoms with Crippen molar-refractivity contribution in [1.29, 1.82) is 0 Å². The summed E-state index contributed by atoms with van der Waals surface area (Å²) in [6, 6.07) is 11.0. The molecular formula is C51H82N6O12. The van der Waals surface area contributed by atoms with Gasteiger partial charge in [0, 0.05) is 62.6 Å². The number of benzene rings is 1. The second kappa shape index (κ2) is 22.7. The minimum absolute atomic E-state index is 0.107. The summed E-state index contributed by atoms with van der Waals surface area (Å²) in [5, 5.41) is 69.5. The van der Waals surface area contributed by atoms with Gasteiger partial charge in [-0.05, 0) is 99.9 Å². The highest BCUT2D eigenvalue weighted by Crippen LogP contribution is 2.40. The van der Waals surface area contributed by atoms with Crippen LogP contribution in [0.2, 0.25) is 0 Å². The Kier molecular flexibility index (Phi) is 18.1. The van der Waals surface area contributed by atoms with E-state index in [2.05, 4.69) is 21.3 Å². The number of carbonyl (C=O) groups excluding carboxylic acids is 1. The molecule has 0 unspecified atom stereocenters. The Morgan fingerprint density at radius 3 is 2.33 bits per heavy atom. The number of hydrogen-bond acceptors (Lipinski definition) is 17. The normalized spacial score (nSPS) is 40.3. The van der Waals surface area contributed by atoms with Crippen molar-refractivity contribution in [2.24, 2.45) is 17.8 Å². The minimum atomic E-state index is -1.83. The Labute approximate surface area is 408 Å². The van der Waals surface area contributed by atoms with Gasteiger partial charge in [-0.3, -0.25) is 9.78 Å². The van der Waals surface area contributed by atoms with Gasteiger partial charge in [-0.25, -0.2) is 4.68 Å². The van der Waals surface area contributed by atoms with Gasteiger partial charge in [0.25, 0.3) is 0 Å². The molecule has 1 aromatic carbocycles. The lowest BCUT2D eigenvalue weighted by atomic mass is 9.77. The predicted octanol–water partition coefficient (Wildman–Crippen LogP) is 3.70. The molecule has 3 saturated heterocycles. The van der Waals surface area contributed by atoms with E-state index in [1.165, 1.54) is 14.0 Å². The lowest BCUT2D eigenvalue weighted by Gasteiger charge is -2.49. The number of fused-ring (bicyclic) bond motifs is 1. The number of carbonyl (C=O) groups is 1. The van der Waals surface area contributed by atoms with Crippen molar-refractivity contribution in [2.75, 3.05) is 34.3 Å². The summed E-state index contributed by atoms with van der Waals surface area (Å²) < 4.78 is 40.1. The number of rotatable bonds is 12. The van der Waals surface area contributed by atoms with Crippen molar-refractivity contribution in [1.82, 2.24) is 29.8 Å². The molecule has 3 aliphatic rings. The number of hydrogen-bond donors (Lipinski definition) is 5. The van der Waals surface area contributed by atoms with E-state index in [1.54, 1.807) is 46.2 Å². The molecule has 18 heteroatoms. The second-order valence-corrected chi connectivity index (χ2v) is 21.3. The summed E-state index contributed by atoms with van der Waals surface area (Å²) in [4.78, 5) is 23.2. The number of methoxy groups -OCH3 is 1. The number of pyridine rings is 1. The fraction of sp³-hybridized carbons (Fsp3) is 0.765. The van der Waals surface area contributed by atoms with Gasteiger partial charge in [-0.15, -0.1) is 5.10 Å². The molecule has 0 spiro atoms. The summed E-state index contributed by atoms with van der Waals surface area (Å²) in [6.07, 6.45) is -6.47. The number of aliphatic hydroxyl groups is 5. The molecule has 0 aliphatic carbocycles. The largest absolute Gasteiger partial charge is 0.459 e. The molecular weight excluding hydrogens is 889 g/mol. The predicted molar refractivity (Wildman–Crippen MR) is 258 cm³/mol. The first-order chi connectivity index (χ1) is 32.4. The SMILES string of the molecule is CC[C@H]1OC(=O)[C@H](C)[C@@H](O[C@H]2C[C@@](C)(OC)[C@@H](O)[C@H](C)O2)[C@H](C)[C@@H](O[C@@H]2O[C@H](C)C[C@H](N(C)CCc3cn(Cc4ccc5ccccc5n4)nn3)[C@H]2O)[C@](C)(O)C[C@@H](C)CN(C)[C@H](C)[C@@H](O)[C@]1(C)O. The van der Waals surface area contributed by atoms with Crippen LogP contribution in [0.5, 0.6) is 0 Å². The number of para-hydroxylation sites is 1. The Hall–Kier alpha value is -3.24. The lowest BCUT2D eigenvalue weighted by Crippen LogP contribution is -2.61. The number of aromatic nitrogens is 4. The molecule has 5 heterocycles. The topological polar surface area (TPSA) is 224 Å². The summed E-state index contributed by atoms with van der Waals surface area (Å²) in [5.41, 5.74) is -1.93. The van der Waals surface area contributed by atoms with Crippen molar-refractivity contribution in [2.45, 2.75) is 198 Å². The van der Waals surface area contributed by atoms with Crippen LogP contribution in [-0.2, 0) is 46.2 Å². The molecule has 0 saturated carbocycles. The quantitative estimate of drug-likeness (QED) is 0.163. The van der Waals surface area contributed by atoms with Crippen LogP contribution in [0.4, 0.5) is 0 Å². The van der Waals surface area contributed by atoms with Crippen molar-refractivity contribution in [3.05, 3.63) is 54.0 Å². The Balaban J connectivity index is 1.27. The van der Waals surface area contributed by atoms with Gasteiger partial charge >= 0.3 is 5.97 Å². The molecule has 0 bridgehead atoms. The number of ether oxygens (including phenoxy) is 6. The smallest absolute Gasteiger partial charge is 0.311 e. The zero-order valence-electron chi connectivity index (χ0n) is 43.1. The maximum Gasteiger partial charge on any atom is 0.311 e. The zero-order chi connectivity index (χ0) is 50.7. The van der Waals surface area contributed by atoms with E-state index in [0.717, 1.165) is 22.3 Å². The first kappa shape index (κ1) is 55.1. The van der Waals surface area contributed by atoms with Gasteiger partial charge < -0.3 is 63.8 Å². The molecule has 5 N–H and O–H groups in total. The Bertz CT molecular complexity index is 2130. The fourth-order valence-electron chi connectivity index (χ4n) is 11.0. The highest BCUT2D eigenvalue weighted by Gasteiger charge is 2.53. The molecule has 18 atom stereocenters. The van der Waals surface area contributed by atoms with Gasteiger partial charge in [0.05, 0.1) is 65.0 Å². The maximum atomic E-state index is 14.5. The number of nitrogens with zero attached hydrogens (tertiary/aromatic N) is 6. The minimum Gasteiger partial charge on any atom is -0.459 e. The van der Waals surface area contributed by atoms with Crippen LogP contribution in [-0.4, -0.2) is 186 Å². The third kappa shape index (κ3) is 12.7. The summed E-state index contributed by atoms with van der Waals surface area (Å²) in [5.74, 6) is -2.75. The van der Waals surface area contributed by atoms with Gasteiger partial charge in [0.1, 0.15) is 30.0 Å². The molecule has 18 nitrogen and oxygen atoms in total. The Morgan fingerprint density at radius 2 is 1.64 bits per heavy atom. The van der Waals surface area contributed by atoms with E-state index in [-0.39, 0.29) is 31.3 Å². The molecule has 69 heavy (non-hydrogen) atoms. The van der Waals surface area contributed by atoms with Gasteiger partial charge in [0.2, 0.25) is 0 Å². The number of esters is 1. The molecule has 0 radical (unpaired) electrons. The molecule has 3 aromatic rings. The second-order valence-electron chi connectivity index (χ2n) is 21.3. The average Bonchev–Trinajstić information content (AvgIpc) is 3.75. The van der Waals surface area contributed by atoms with Crippen LogP contribution in [0.25, 0.3) is 10.9 Å². The molecule has 388 valence electrons. The van der Waals surface area contributed by atoms with Crippen molar-refractivity contribution >= 4 is 16.9 Å². The van der Waals surface area contributed by atoms with E-state index in [4.69, 9.17) is 33.4 Å². The van der Waals surface area contributed by atoms with E-state index in [9.17, 15) is 30.3 Å². The van der Waals surface area contributed by atoms with Crippen LogP contribution in [0, 0.1) is 17.8 Å². The van der Waals surface area contributed by atoms with E-state index < -0.39 is 102 Å². The summed E-state index contributed by atoms with van der Waals surface area (Å²) >= 11 is 0. The highest BCUT2D eigenvalue weighted by molar-refractivity contribution is 5.78. The first-order valence-corrected chi connectivity index (χ1v) is 24.9. The third-order valence-corrected chi connectivity index (χ3v) is 15.4. The van der Waals surface area contributed by atoms with Gasteiger partial charge in [-0.1, -0.05) is 50.3 Å². The van der Waals surface area contributed by atoms with Crippen LogP contribution in [0.1, 0.15) is 106 Å². The number of aliphatic hydroxyl groups excluding tert-OH is 3. The molecule has 6 rings (SSSR count). The molecule has 2 aromatic heterocycles. The molecule has 0 amide bonds.